The van der Waals surface area contributed by atoms with Gasteiger partial charge in [0.1, 0.15) is 8.07 Å². The maximum Gasteiger partial charge on any atom is 0.124 e. The van der Waals surface area contributed by atoms with Crippen LogP contribution in [0.4, 0.5) is 0 Å². The van der Waals surface area contributed by atoms with Gasteiger partial charge in [0.2, 0.25) is 0 Å². The standard InChI is InChI=1S/C50H40N2Si/c1-3-53(4-2)49(45-27-15-25-43(51-45)41-31-29-35-17-11-13-23-39(35)33-41)47(37-19-7-5-8-20-37)48(38-21-9-6-10-22-38)50(53)46-28-16-26-44(52-46)42-32-30-36-18-12-14-24-40(36)34-42/h5-34H,3-4H2,1-2H3. The quantitative estimate of drug-likeness (QED) is 0.148. The minimum atomic E-state index is -2.51. The third-order valence-corrected chi connectivity index (χ3v) is 16.5. The Morgan fingerprint density at radius 3 is 1.13 bits per heavy atom. The van der Waals surface area contributed by atoms with Gasteiger partial charge in [-0.05, 0) is 90.6 Å². The molecule has 0 amide bonds. The summed E-state index contributed by atoms with van der Waals surface area (Å²) >= 11 is 0. The largest absolute Gasteiger partial charge is 0.249 e. The molecule has 2 nitrogen and oxygen atoms in total. The van der Waals surface area contributed by atoms with Crippen LogP contribution in [0.2, 0.25) is 12.1 Å². The number of aromatic nitrogens is 2. The van der Waals surface area contributed by atoms with Crippen LogP contribution in [0, 0.1) is 0 Å². The molecule has 0 aliphatic carbocycles. The van der Waals surface area contributed by atoms with Crippen LogP contribution < -0.4 is 0 Å². The number of nitrogens with zero attached hydrogens (tertiary/aromatic N) is 2. The normalized spacial score (nSPS) is 14.0. The third-order valence-electron chi connectivity index (χ3n) is 11.1. The lowest BCUT2D eigenvalue weighted by Gasteiger charge is -2.32. The summed E-state index contributed by atoms with van der Waals surface area (Å²) in [5, 5.41) is 7.73. The second kappa shape index (κ2) is 13.8. The monoisotopic (exact) mass is 696 g/mol. The van der Waals surface area contributed by atoms with Crippen molar-refractivity contribution in [2.75, 3.05) is 0 Å². The molecular weight excluding hydrogens is 657 g/mol. The van der Waals surface area contributed by atoms with Crippen molar-refractivity contribution in [3.8, 4) is 22.5 Å². The molecule has 0 unspecified atom stereocenters. The zero-order valence-corrected chi connectivity index (χ0v) is 31.1. The summed E-state index contributed by atoms with van der Waals surface area (Å²) in [6, 6.07) is 67.8. The average Bonchev–Trinajstić information content (AvgIpc) is 3.55. The Bertz CT molecular complexity index is 2500. The predicted molar refractivity (Wildman–Crippen MR) is 228 cm³/mol. The molecule has 1 aliphatic heterocycles. The highest BCUT2D eigenvalue weighted by molar-refractivity contribution is 7.14. The molecule has 0 fully saturated rings. The molecule has 9 rings (SSSR count). The van der Waals surface area contributed by atoms with Gasteiger partial charge < -0.3 is 0 Å². The molecule has 0 saturated carbocycles. The number of benzene rings is 6. The van der Waals surface area contributed by atoms with Crippen LogP contribution in [-0.4, -0.2) is 18.0 Å². The third kappa shape index (κ3) is 5.74. The van der Waals surface area contributed by atoms with E-state index in [1.54, 1.807) is 0 Å². The van der Waals surface area contributed by atoms with Crippen molar-refractivity contribution < 1.29 is 0 Å². The molecule has 2 aromatic heterocycles. The molecule has 0 atom stereocenters. The summed E-state index contributed by atoms with van der Waals surface area (Å²) in [6.07, 6.45) is 0. The van der Waals surface area contributed by atoms with E-state index in [0.29, 0.717) is 0 Å². The molecule has 0 saturated heterocycles. The van der Waals surface area contributed by atoms with Crippen molar-refractivity contribution in [3.05, 3.63) is 205 Å². The van der Waals surface area contributed by atoms with Gasteiger partial charge in [-0.15, -0.1) is 0 Å². The Balaban J connectivity index is 1.31. The van der Waals surface area contributed by atoms with Crippen molar-refractivity contribution in [1.29, 1.82) is 0 Å². The fourth-order valence-electron chi connectivity index (χ4n) is 8.51. The van der Waals surface area contributed by atoms with Gasteiger partial charge in [0.15, 0.2) is 0 Å². The summed E-state index contributed by atoms with van der Waals surface area (Å²) in [6.45, 7) is 4.79. The van der Waals surface area contributed by atoms with Gasteiger partial charge in [0, 0.05) is 11.1 Å². The molecule has 53 heavy (non-hydrogen) atoms. The summed E-state index contributed by atoms with van der Waals surface area (Å²) in [5.41, 5.74) is 11.4. The molecule has 3 heteroatoms. The van der Waals surface area contributed by atoms with Crippen molar-refractivity contribution in [2.24, 2.45) is 0 Å². The fourth-order valence-corrected chi connectivity index (χ4v) is 13.4. The first-order chi connectivity index (χ1) is 26.2. The van der Waals surface area contributed by atoms with Gasteiger partial charge in [0.05, 0.1) is 22.8 Å². The van der Waals surface area contributed by atoms with Crippen molar-refractivity contribution >= 4 is 51.2 Å². The van der Waals surface area contributed by atoms with Crippen LogP contribution in [0.3, 0.4) is 0 Å². The first-order valence-electron chi connectivity index (χ1n) is 18.7. The first kappa shape index (κ1) is 32.7. The van der Waals surface area contributed by atoms with Gasteiger partial charge in [0.25, 0.3) is 0 Å². The van der Waals surface area contributed by atoms with E-state index in [1.165, 1.54) is 54.2 Å². The summed E-state index contributed by atoms with van der Waals surface area (Å²) in [4.78, 5) is 11.2. The number of rotatable bonds is 8. The topological polar surface area (TPSA) is 25.8 Å². The zero-order chi connectivity index (χ0) is 35.8. The Labute approximate surface area is 312 Å². The summed E-state index contributed by atoms with van der Waals surface area (Å²) in [5.74, 6) is 0. The van der Waals surface area contributed by atoms with Crippen LogP contribution in [0.25, 0.3) is 65.6 Å². The van der Waals surface area contributed by atoms with Crippen LogP contribution >= 0.6 is 0 Å². The molecule has 1 aliphatic rings. The van der Waals surface area contributed by atoms with E-state index >= 15 is 0 Å². The van der Waals surface area contributed by atoms with E-state index in [2.05, 4.69) is 196 Å². The molecule has 0 radical (unpaired) electrons. The van der Waals surface area contributed by atoms with Crippen LogP contribution in [-0.2, 0) is 0 Å². The van der Waals surface area contributed by atoms with Crippen molar-refractivity contribution in [2.45, 2.75) is 25.9 Å². The minimum Gasteiger partial charge on any atom is -0.249 e. The van der Waals surface area contributed by atoms with Gasteiger partial charge in [-0.25, -0.2) is 9.97 Å². The Morgan fingerprint density at radius 2 is 0.717 bits per heavy atom. The first-order valence-corrected chi connectivity index (χ1v) is 21.1. The van der Waals surface area contributed by atoms with Gasteiger partial charge in [-0.3, -0.25) is 0 Å². The minimum absolute atomic E-state index is 0.995. The maximum atomic E-state index is 5.58. The number of fused-ring (bicyclic) bond motifs is 2. The SMILES string of the molecule is CC[Si]1(CC)C(c2cccc(-c3ccc4ccccc4c3)n2)=C(c2ccccc2)C(c2ccccc2)=C1c1cccc(-c2ccc3ccccc3c2)n1. The average molecular weight is 697 g/mol. The lowest BCUT2D eigenvalue weighted by molar-refractivity contribution is 1.24. The van der Waals surface area contributed by atoms with Crippen molar-refractivity contribution in [1.82, 2.24) is 9.97 Å². The Morgan fingerprint density at radius 1 is 0.340 bits per heavy atom. The van der Waals surface area contributed by atoms with Crippen molar-refractivity contribution in [3.63, 3.8) is 0 Å². The number of allylic oxidation sites excluding steroid dienone is 2. The van der Waals surface area contributed by atoms with Crippen LogP contribution in [0.15, 0.2) is 182 Å². The second-order valence-electron chi connectivity index (χ2n) is 14.0. The number of hydrogen-bond acceptors (Lipinski definition) is 2. The molecule has 0 N–H and O–H groups in total. The lowest BCUT2D eigenvalue weighted by Crippen LogP contribution is -2.36. The molecule has 0 spiro atoms. The van der Waals surface area contributed by atoms with E-state index in [-0.39, 0.29) is 0 Å². The highest BCUT2D eigenvalue weighted by Gasteiger charge is 2.49. The molecule has 0 bridgehead atoms. The highest BCUT2D eigenvalue weighted by Crippen LogP contribution is 2.58. The van der Waals surface area contributed by atoms with Gasteiger partial charge in [-0.2, -0.15) is 0 Å². The van der Waals surface area contributed by atoms with Gasteiger partial charge in [-0.1, -0.05) is 172 Å². The van der Waals surface area contributed by atoms with E-state index in [1.807, 2.05) is 0 Å². The summed E-state index contributed by atoms with van der Waals surface area (Å²) in [7, 11) is -2.51. The lowest BCUT2D eigenvalue weighted by atomic mass is 9.90. The summed E-state index contributed by atoms with van der Waals surface area (Å²) < 4.78 is 0. The van der Waals surface area contributed by atoms with E-state index in [9.17, 15) is 0 Å². The van der Waals surface area contributed by atoms with Crippen LogP contribution in [0.1, 0.15) is 36.4 Å². The van der Waals surface area contributed by atoms with Gasteiger partial charge >= 0.3 is 0 Å². The van der Waals surface area contributed by atoms with E-state index in [4.69, 9.17) is 9.97 Å². The maximum absolute atomic E-state index is 5.58. The second-order valence-corrected chi connectivity index (χ2v) is 18.5. The van der Waals surface area contributed by atoms with E-state index < -0.39 is 8.07 Å². The Hall–Kier alpha value is -6.16. The number of pyridine rings is 2. The molecular formula is C50H40N2Si. The van der Waals surface area contributed by atoms with Crippen LogP contribution in [0.5, 0.6) is 0 Å². The molecule has 254 valence electrons. The Kier molecular flexibility index (Phi) is 8.50. The fraction of sp³-hybridized carbons (Fsp3) is 0.0800. The highest BCUT2D eigenvalue weighted by atomic mass is 28.3. The number of hydrogen-bond donors (Lipinski definition) is 0. The predicted octanol–water partition coefficient (Wildman–Crippen LogP) is 13.2. The molecule has 3 heterocycles. The molecule has 6 aromatic carbocycles. The van der Waals surface area contributed by atoms with E-state index in [0.717, 1.165) is 46.0 Å². The molecule has 8 aromatic rings. The zero-order valence-electron chi connectivity index (χ0n) is 30.1. The smallest absolute Gasteiger partial charge is 0.124 e.